The summed E-state index contributed by atoms with van der Waals surface area (Å²) in [6, 6.07) is 4.14. The van der Waals surface area contributed by atoms with Crippen molar-refractivity contribution >= 4 is 17.1 Å². The first-order valence-electron chi connectivity index (χ1n) is 10.3. The van der Waals surface area contributed by atoms with Gasteiger partial charge >= 0.3 is 11.9 Å². The second kappa shape index (κ2) is 8.12. The molecule has 2 atom stereocenters. The van der Waals surface area contributed by atoms with Gasteiger partial charge in [0, 0.05) is 14.1 Å². The minimum Gasteiger partial charge on any atom is -0.391 e. The summed E-state index contributed by atoms with van der Waals surface area (Å²) in [4.78, 5) is 30.4. The zero-order valence-electron chi connectivity index (χ0n) is 17.7. The average Bonchev–Trinajstić information content (AvgIpc) is 3.07. The molecule has 172 valence electrons. The second-order valence-corrected chi connectivity index (χ2v) is 8.20. The Hall–Kier alpha value is -3.08. The van der Waals surface area contributed by atoms with Gasteiger partial charge in [0.05, 0.1) is 24.3 Å². The monoisotopic (exact) mass is 451 g/mol. The van der Waals surface area contributed by atoms with Crippen molar-refractivity contribution in [3.8, 4) is 0 Å². The lowest BCUT2D eigenvalue weighted by molar-refractivity contribution is -0.137. The number of halogens is 3. The van der Waals surface area contributed by atoms with Crippen LogP contribution in [0.2, 0.25) is 0 Å². The SMILES string of the molecule is Cn1c(NC2CCCC[C@H]2O)nc2c1c(=O)n(Cc1ccc(C(F)(F)F)cc1)c(=O)n2C. The summed E-state index contributed by atoms with van der Waals surface area (Å²) in [6.07, 6.45) is -1.62. The number of benzene rings is 1. The van der Waals surface area contributed by atoms with Gasteiger partial charge in [-0.05, 0) is 30.5 Å². The number of rotatable bonds is 4. The largest absolute Gasteiger partial charge is 0.416 e. The quantitative estimate of drug-likeness (QED) is 0.635. The Kier molecular flexibility index (Phi) is 5.61. The fourth-order valence-electron chi connectivity index (χ4n) is 4.14. The lowest BCUT2D eigenvalue weighted by atomic mass is 9.93. The Bertz CT molecular complexity index is 1260. The molecule has 0 bridgehead atoms. The Labute approximate surface area is 180 Å². The first-order chi connectivity index (χ1) is 15.1. The van der Waals surface area contributed by atoms with Crippen LogP contribution in [0.15, 0.2) is 33.9 Å². The molecule has 0 amide bonds. The molecule has 1 unspecified atom stereocenters. The fraction of sp³-hybridized carbons (Fsp3) is 0.476. The van der Waals surface area contributed by atoms with Crippen LogP contribution in [0.5, 0.6) is 0 Å². The topological polar surface area (TPSA) is 94.1 Å². The van der Waals surface area contributed by atoms with E-state index in [1.165, 1.54) is 23.7 Å². The van der Waals surface area contributed by atoms with Crippen molar-refractivity contribution in [2.45, 2.75) is 50.6 Å². The summed E-state index contributed by atoms with van der Waals surface area (Å²) in [6.45, 7) is -0.172. The number of anilines is 1. The summed E-state index contributed by atoms with van der Waals surface area (Å²) >= 11 is 0. The van der Waals surface area contributed by atoms with E-state index in [2.05, 4.69) is 10.3 Å². The highest BCUT2D eigenvalue weighted by atomic mass is 19.4. The van der Waals surface area contributed by atoms with Crippen molar-refractivity contribution in [2.24, 2.45) is 14.1 Å². The number of imidazole rings is 1. The smallest absolute Gasteiger partial charge is 0.391 e. The highest BCUT2D eigenvalue weighted by Crippen LogP contribution is 2.29. The molecular formula is C21H24F3N5O3. The Morgan fingerprint density at radius 1 is 1.09 bits per heavy atom. The number of aliphatic hydroxyl groups excluding tert-OH is 1. The van der Waals surface area contributed by atoms with E-state index >= 15 is 0 Å². The maximum atomic E-state index is 13.2. The van der Waals surface area contributed by atoms with E-state index < -0.39 is 29.1 Å². The molecule has 1 aliphatic carbocycles. The first-order valence-corrected chi connectivity index (χ1v) is 10.3. The number of fused-ring (bicyclic) bond motifs is 1. The summed E-state index contributed by atoms with van der Waals surface area (Å²) < 4.78 is 42.2. The van der Waals surface area contributed by atoms with Crippen molar-refractivity contribution in [2.75, 3.05) is 5.32 Å². The summed E-state index contributed by atoms with van der Waals surface area (Å²) in [5.74, 6) is 0.366. The van der Waals surface area contributed by atoms with Crippen molar-refractivity contribution in [3.63, 3.8) is 0 Å². The molecule has 0 saturated heterocycles. The van der Waals surface area contributed by atoms with Gasteiger partial charge in [-0.2, -0.15) is 18.2 Å². The molecule has 11 heteroatoms. The van der Waals surface area contributed by atoms with E-state index in [1.54, 1.807) is 11.6 Å². The minimum absolute atomic E-state index is 0.172. The maximum absolute atomic E-state index is 13.2. The lowest BCUT2D eigenvalue weighted by Crippen LogP contribution is -2.39. The van der Waals surface area contributed by atoms with Crippen molar-refractivity contribution in [1.29, 1.82) is 0 Å². The molecule has 2 heterocycles. The van der Waals surface area contributed by atoms with Gasteiger partial charge in [-0.25, -0.2) is 4.79 Å². The van der Waals surface area contributed by atoms with Crippen LogP contribution in [-0.4, -0.2) is 35.9 Å². The number of hydrogen-bond acceptors (Lipinski definition) is 5. The van der Waals surface area contributed by atoms with Crippen LogP contribution in [0.25, 0.3) is 11.2 Å². The zero-order valence-corrected chi connectivity index (χ0v) is 17.7. The molecule has 0 aliphatic heterocycles. The van der Waals surface area contributed by atoms with Crippen molar-refractivity contribution in [1.82, 2.24) is 18.7 Å². The average molecular weight is 451 g/mol. The van der Waals surface area contributed by atoms with Crippen LogP contribution >= 0.6 is 0 Å². The maximum Gasteiger partial charge on any atom is 0.416 e. The number of aryl methyl sites for hydroxylation is 2. The number of hydrogen-bond donors (Lipinski definition) is 2. The van der Waals surface area contributed by atoms with Gasteiger partial charge in [0.15, 0.2) is 11.2 Å². The van der Waals surface area contributed by atoms with Crippen molar-refractivity contribution < 1.29 is 18.3 Å². The van der Waals surface area contributed by atoms with Crippen LogP contribution in [0.3, 0.4) is 0 Å². The number of nitrogens with zero attached hydrogens (tertiary/aromatic N) is 4. The Morgan fingerprint density at radius 2 is 1.75 bits per heavy atom. The van der Waals surface area contributed by atoms with E-state index in [1.807, 2.05) is 0 Å². The molecule has 8 nitrogen and oxygen atoms in total. The number of alkyl halides is 3. The second-order valence-electron chi connectivity index (χ2n) is 8.20. The van der Waals surface area contributed by atoms with Crippen LogP contribution < -0.4 is 16.6 Å². The zero-order chi connectivity index (χ0) is 23.2. The highest BCUT2D eigenvalue weighted by Gasteiger charge is 2.30. The molecule has 2 N–H and O–H groups in total. The third-order valence-electron chi connectivity index (χ3n) is 6.03. The van der Waals surface area contributed by atoms with E-state index in [9.17, 15) is 27.9 Å². The minimum atomic E-state index is -4.46. The van der Waals surface area contributed by atoms with Gasteiger partial charge in [0.2, 0.25) is 5.95 Å². The third kappa shape index (κ3) is 3.92. The molecule has 1 aromatic carbocycles. The van der Waals surface area contributed by atoms with Gasteiger partial charge in [-0.3, -0.25) is 13.9 Å². The van der Waals surface area contributed by atoms with E-state index in [0.717, 1.165) is 36.0 Å². The van der Waals surface area contributed by atoms with Gasteiger partial charge in [0.25, 0.3) is 5.56 Å². The third-order valence-corrected chi connectivity index (χ3v) is 6.03. The molecule has 3 aromatic rings. The predicted molar refractivity (Wildman–Crippen MR) is 113 cm³/mol. The van der Waals surface area contributed by atoms with Crippen molar-refractivity contribution in [3.05, 3.63) is 56.2 Å². The molecule has 4 rings (SSSR count). The van der Waals surface area contributed by atoms with Gasteiger partial charge in [-0.1, -0.05) is 25.0 Å². The molecule has 1 saturated carbocycles. The van der Waals surface area contributed by atoms with E-state index in [-0.39, 0.29) is 23.8 Å². The Morgan fingerprint density at radius 3 is 2.38 bits per heavy atom. The number of aliphatic hydroxyl groups is 1. The number of nitrogens with one attached hydrogen (secondary N) is 1. The molecule has 0 spiro atoms. The van der Waals surface area contributed by atoms with Crippen LogP contribution in [-0.2, 0) is 26.8 Å². The molecule has 32 heavy (non-hydrogen) atoms. The van der Waals surface area contributed by atoms with Gasteiger partial charge in [-0.15, -0.1) is 0 Å². The summed E-state index contributed by atoms with van der Waals surface area (Å²) in [7, 11) is 3.13. The van der Waals surface area contributed by atoms with Gasteiger partial charge in [0.1, 0.15) is 0 Å². The number of aromatic nitrogens is 4. The van der Waals surface area contributed by atoms with Gasteiger partial charge < -0.3 is 15.0 Å². The molecule has 2 aromatic heterocycles. The normalized spacial score (nSPS) is 19.4. The molecule has 1 aliphatic rings. The van der Waals surface area contributed by atoms with E-state index in [0.29, 0.717) is 17.9 Å². The van der Waals surface area contributed by atoms with Crippen LogP contribution in [0.1, 0.15) is 36.8 Å². The lowest BCUT2D eigenvalue weighted by Gasteiger charge is -2.28. The highest BCUT2D eigenvalue weighted by molar-refractivity contribution is 5.74. The summed E-state index contributed by atoms with van der Waals surface area (Å²) in [5, 5.41) is 13.4. The molecule has 1 fully saturated rings. The first kappa shape index (κ1) is 22.1. The predicted octanol–water partition coefficient (Wildman–Crippen LogP) is 2.22. The van der Waals surface area contributed by atoms with E-state index in [4.69, 9.17) is 0 Å². The summed E-state index contributed by atoms with van der Waals surface area (Å²) in [5.41, 5.74) is -1.24. The van der Waals surface area contributed by atoms with Crippen LogP contribution in [0, 0.1) is 0 Å². The fourth-order valence-corrected chi connectivity index (χ4v) is 4.14. The van der Waals surface area contributed by atoms with Crippen LogP contribution in [0.4, 0.5) is 19.1 Å². The standard InChI is InChI=1S/C21H24F3N5O3/c1-27-16-17(26-19(27)25-14-5-3-4-6-15(14)30)28(2)20(32)29(18(16)31)11-12-7-9-13(10-8-12)21(22,23)24/h7-10,14-15,30H,3-6,11H2,1-2H3,(H,25,26)/t14?,15-/m1/s1. The Balaban J connectivity index is 1.72. The molecule has 0 radical (unpaired) electrons. The molecular weight excluding hydrogens is 427 g/mol.